The molecule has 0 saturated heterocycles. The fourth-order valence-electron chi connectivity index (χ4n) is 2.28. The number of nitrogens with zero attached hydrogens (tertiary/aromatic N) is 3. The summed E-state index contributed by atoms with van der Waals surface area (Å²) in [6.07, 6.45) is 3.11. The molecule has 0 unspecified atom stereocenters. The van der Waals surface area contributed by atoms with Crippen LogP contribution < -0.4 is 10.6 Å². The number of carbonyl (C=O) groups excluding carboxylic acids is 1. The Morgan fingerprint density at radius 2 is 1.88 bits per heavy atom. The number of aromatic nitrogens is 3. The first-order valence-corrected chi connectivity index (χ1v) is 7.96. The van der Waals surface area contributed by atoms with Gasteiger partial charge >= 0.3 is 0 Å². The van der Waals surface area contributed by atoms with Gasteiger partial charge in [0, 0.05) is 18.0 Å². The zero-order valence-electron chi connectivity index (χ0n) is 14.2. The molecule has 3 rings (SSSR count). The normalized spacial score (nSPS) is 10.3. The van der Waals surface area contributed by atoms with E-state index in [2.05, 4.69) is 25.6 Å². The number of nitrogens with one attached hydrogen (secondary N) is 2. The third kappa shape index (κ3) is 4.38. The monoisotopic (exact) mass is 333 g/mol. The molecule has 0 saturated carbocycles. The number of carbonyl (C=O) groups is 1. The van der Waals surface area contributed by atoms with Gasteiger partial charge in [0.15, 0.2) is 0 Å². The average Bonchev–Trinajstić information content (AvgIpc) is 2.64. The van der Waals surface area contributed by atoms with Crippen molar-refractivity contribution in [2.75, 3.05) is 10.6 Å². The number of hydrogen-bond acceptors (Lipinski definition) is 5. The highest BCUT2D eigenvalue weighted by Crippen LogP contribution is 2.15. The van der Waals surface area contributed by atoms with E-state index in [9.17, 15) is 4.79 Å². The zero-order valence-corrected chi connectivity index (χ0v) is 14.2. The largest absolute Gasteiger partial charge is 0.364 e. The minimum Gasteiger partial charge on any atom is -0.364 e. The highest BCUT2D eigenvalue weighted by Gasteiger charge is 2.10. The number of benzene rings is 1. The van der Waals surface area contributed by atoms with Crippen molar-refractivity contribution in [1.82, 2.24) is 15.0 Å². The van der Waals surface area contributed by atoms with Crippen molar-refractivity contribution >= 4 is 17.4 Å². The molecule has 0 atom stereocenters. The second kappa shape index (κ2) is 7.53. The van der Waals surface area contributed by atoms with Gasteiger partial charge in [0.2, 0.25) is 0 Å². The molecule has 126 valence electrons. The molecule has 1 amide bonds. The van der Waals surface area contributed by atoms with Crippen molar-refractivity contribution in [2.24, 2.45) is 0 Å². The van der Waals surface area contributed by atoms with Crippen LogP contribution in [0.2, 0.25) is 0 Å². The molecule has 2 heterocycles. The molecule has 2 N–H and O–H groups in total. The third-order valence-electron chi connectivity index (χ3n) is 3.84. The third-order valence-corrected chi connectivity index (χ3v) is 3.84. The molecule has 3 aromatic rings. The number of aryl methyl sites for hydroxylation is 2. The summed E-state index contributed by atoms with van der Waals surface area (Å²) in [5.74, 6) is 0.303. The molecule has 1 aromatic carbocycles. The smallest absolute Gasteiger partial charge is 0.274 e. The Morgan fingerprint density at radius 1 is 1.00 bits per heavy atom. The van der Waals surface area contributed by atoms with Crippen molar-refractivity contribution in [3.05, 3.63) is 77.5 Å². The van der Waals surface area contributed by atoms with Crippen LogP contribution in [0.3, 0.4) is 0 Å². The number of rotatable bonds is 5. The lowest BCUT2D eigenvalue weighted by Crippen LogP contribution is -2.15. The minimum absolute atomic E-state index is 0.272. The molecule has 0 fully saturated rings. The first kappa shape index (κ1) is 16.6. The summed E-state index contributed by atoms with van der Waals surface area (Å²) in [6, 6.07) is 13.1. The molecule has 0 radical (unpaired) electrons. The SMILES string of the molecule is Cc1ccc(NC(=O)c2cc(NCc3ccccn3)ncn2)cc1C. The molecule has 0 spiro atoms. The molecule has 6 nitrogen and oxygen atoms in total. The summed E-state index contributed by atoms with van der Waals surface area (Å²) in [4.78, 5) is 24.8. The Labute approximate surface area is 146 Å². The maximum atomic E-state index is 12.4. The van der Waals surface area contributed by atoms with Crippen LogP contribution in [-0.2, 0) is 6.54 Å². The van der Waals surface area contributed by atoms with E-state index in [0.717, 1.165) is 16.9 Å². The van der Waals surface area contributed by atoms with E-state index in [1.54, 1.807) is 12.3 Å². The van der Waals surface area contributed by atoms with Crippen LogP contribution in [0, 0.1) is 13.8 Å². The van der Waals surface area contributed by atoms with Gasteiger partial charge in [0.05, 0.1) is 12.2 Å². The van der Waals surface area contributed by atoms with Gasteiger partial charge in [0.25, 0.3) is 5.91 Å². The molecular formula is C19H19N5O. The fourth-order valence-corrected chi connectivity index (χ4v) is 2.28. The average molecular weight is 333 g/mol. The van der Waals surface area contributed by atoms with Crippen LogP contribution >= 0.6 is 0 Å². The summed E-state index contributed by atoms with van der Waals surface area (Å²) in [6.45, 7) is 4.57. The van der Waals surface area contributed by atoms with Gasteiger partial charge in [-0.05, 0) is 49.2 Å². The summed E-state index contributed by atoms with van der Waals surface area (Å²) < 4.78 is 0. The van der Waals surface area contributed by atoms with Crippen LogP contribution in [0.4, 0.5) is 11.5 Å². The van der Waals surface area contributed by atoms with Crippen molar-refractivity contribution in [2.45, 2.75) is 20.4 Å². The van der Waals surface area contributed by atoms with Crippen molar-refractivity contribution in [1.29, 1.82) is 0 Å². The Balaban J connectivity index is 1.67. The van der Waals surface area contributed by atoms with Gasteiger partial charge < -0.3 is 10.6 Å². The molecule has 0 bridgehead atoms. The molecule has 0 aliphatic carbocycles. The molecule has 6 heteroatoms. The topological polar surface area (TPSA) is 79.8 Å². The lowest BCUT2D eigenvalue weighted by Gasteiger charge is -2.09. The number of pyridine rings is 1. The first-order chi connectivity index (χ1) is 12.1. The second-order valence-corrected chi connectivity index (χ2v) is 5.72. The molecule has 25 heavy (non-hydrogen) atoms. The zero-order chi connectivity index (χ0) is 17.6. The highest BCUT2D eigenvalue weighted by atomic mass is 16.1. The maximum Gasteiger partial charge on any atom is 0.274 e. The number of amides is 1. The predicted molar refractivity (Wildman–Crippen MR) is 97.5 cm³/mol. The quantitative estimate of drug-likeness (QED) is 0.748. The lowest BCUT2D eigenvalue weighted by atomic mass is 10.1. The van der Waals surface area contributed by atoms with Gasteiger partial charge in [-0.3, -0.25) is 9.78 Å². The highest BCUT2D eigenvalue weighted by molar-refractivity contribution is 6.03. The van der Waals surface area contributed by atoms with E-state index in [0.29, 0.717) is 18.1 Å². The van der Waals surface area contributed by atoms with E-state index < -0.39 is 0 Å². The van der Waals surface area contributed by atoms with Gasteiger partial charge in [-0.2, -0.15) is 0 Å². The van der Waals surface area contributed by atoms with Crippen molar-refractivity contribution < 1.29 is 4.79 Å². The van der Waals surface area contributed by atoms with Crippen LogP contribution in [0.15, 0.2) is 55.0 Å². The molecule has 2 aromatic heterocycles. The Morgan fingerprint density at radius 3 is 2.64 bits per heavy atom. The van der Waals surface area contributed by atoms with Gasteiger partial charge in [0.1, 0.15) is 17.8 Å². The first-order valence-electron chi connectivity index (χ1n) is 7.96. The molecular weight excluding hydrogens is 314 g/mol. The number of anilines is 2. The summed E-state index contributed by atoms with van der Waals surface area (Å²) >= 11 is 0. The Hall–Kier alpha value is -3.28. The summed E-state index contributed by atoms with van der Waals surface area (Å²) in [7, 11) is 0. The predicted octanol–water partition coefficient (Wildman–Crippen LogP) is 3.35. The van der Waals surface area contributed by atoms with Gasteiger partial charge in [-0.15, -0.1) is 0 Å². The van der Waals surface area contributed by atoms with Crippen LogP contribution in [-0.4, -0.2) is 20.9 Å². The maximum absolute atomic E-state index is 12.4. The Kier molecular flexibility index (Phi) is 4.99. The van der Waals surface area contributed by atoms with E-state index in [4.69, 9.17) is 0 Å². The summed E-state index contributed by atoms with van der Waals surface area (Å²) in [5, 5.41) is 6.00. The molecule has 0 aliphatic heterocycles. The molecule has 0 aliphatic rings. The van der Waals surface area contributed by atoms with Crippen LogP contribution in [0.5, 0.6) is 0 Å². The summed E-state index contributed by atoms with van der Waals surface area (Å²) in [5.41, 5.74) is 4.24. The van der Waals surface area contributed by atoms with Gasteiger partial charge in [-0.25, -0.2) is 9.97 Å². The number of hydrogen-bond donors (Lipinski definition) is 2. The standard InChI is InChI=1S/C19H19N5O/c1-13-6-7-15(9-14(13)2)24-19(25)17-10-18(23-12-22-17)21-11-16-5-3-4-8-20-16/h3-10,12H,11H2,1-2H3,(H,24,25)(H,21,22,23). The van der Waals surface area contributed by atoms with Gasteiger partial charge in [-0.1, -0.05) is 12.1 Å². The lowest BCUT2D eigenvalue weighted by molar-refractivity contribution is 0.102. The van der Waals surface area contributed by atoms with E-state index >= 15 is 0 Å². The van der Waals surface area contributed by atoms with E-state index in [-0.39, 0.29) is 5.91 Å². The Bertz CT molecular complexity index is 880. The minimum atomic E-state index is -0.272. The van der Waals surface area contributed by atoms with Crippen molar-refractivity contribution in [3.63, 3.8) is 0 Å². The van der Waals surface area contributed by atoms with Crippen LogP contribution in [0.1, 0.15) is 27.3 Å². The van der Waals surface area contributed by atoms with Crippen LogP contribution in [0.25, 0.3) is 0 Å². The van der Waals surface area contributed by atoms with E-state index in [1.807, 2.05) is 50.2 Å². The fraction of sp³-hybridized carbons (Fsp3) is 0.158. The second-order valence-electron chi connectivity index (χ2n) is 5.72. The van der Waals surface area contributed by atoms with Crippen molar-refractivity contribution in [3.8, 4) is 0 Å². The van der Waals surface area contributed by atoms with E-state index in [1.165, 1.54) is 11.9 Å².